The summed E-state index contributed by atoms with van der Waals surface area (Å²) < 4.78 is 47.5. The van der Waals surface area contributed by atoms with Crippen LogP contribution in [0.3, 0.4) is 0 Å². The highest BCUT2D eigenvalue weighted by atomic mass is 16.8. The molecule has 2 spiro atoms. The number of benzene rings is 1. The maximum Gasteiger partial charge on any atom is 0.410 e. The first kappa shape index (κ1) is 31.7. The van der Waals surface area contributed by atoms with E-state index in [4.69, 9.17) is 37.9 Å². The number of fused-ring (bicyclic) bond motifs is 1. The zero-order valence-electron chi connectivity index (χ0n) is 27.2. The van der Waals surface area contributed by atoms with E-state index in [-0.39, 0.29) is 19.7 Å². The summed E-state index contributed by atoms with van der Waals surface area (Å²) >= 11 is 0. The second-order valence-electron chi connectivity index (χ2n) is 14.9. The third-order valence-corrected chi connectivity index (χ3v) is 12.0. The maximum absolute atomic E-state index is 14.4. The van der Waals surface area contributed by atoms with Crippen molar-refractivity contribution in [2.75, 3.05) is 33.4 Å². The first-order valence-electron chi connectivity index (χ1n) is 16.2. The molecule has 12 atom stereocenters. The van der Waals surface area contributed by atoms with Crippen LogP contribution in [0.2, 0.25) is 0 Å². The fourth-order valence-electron chi connectivity index (χ4n) is 10.4. The molecule has 5 aliphatic heterocycles. The summed E-state index contributed by atoms with van der Waals surface area (Å²) in [5, 5.41) is 25.1. The minimum Gasteiger partial charge on any atom is -0.497 e. The van der Waals surface area contributed by atoms with Crippen molar-refractivity contribution >= 4 is 24.0 Å². The van der Waals surface area contributed by atoms with E-state index in [1.807, 2.05) is 20.8 Å². The van der Waals surface area contributed by atoms with Crippen LogP contribution in [-0.4, -0.2) is 121 Å². The molecule has 2 saturated carbocycles. The number of aliphatic hydroxyl groups is 2. The number of carbonyl (C=O) groups is 4. The fourth-order valence-corrected chi connectivity index (χ4v) is 10.4. The molecule has 5 saturated heterocycles. The number of hydrogen-bond donors (Lipinski definition) is 2. The summed E-state index contributed by atoms with van der Waals surface area (Å²) in [6.07, 6.45) is -9.99. The second kappa shape index (κ2) is 10.0. The van der Waals surface area contributed by atoms with Crippen molar-refractivity contribution in [2.24, 2.45) is 28.1 Å². The Morgan fingerprint density at radius 1 is 1.02 bits per heavy atom. The van der Waals surface area contributed by atoms with E-state index in [2.05, 4.69) is 0 Å². The molecular formula is C33H39NO14. The van der Waals surface area contributed by atoms with Crippen LogP contribution in [0.25, 0.3) is 0 Å². The lowest BCUT2D eigenvalue weighted by atomic mass is 9.51. The van der Waals surface area contributed by atoms with Crippen LogP contribution >= 0.6 is 0 Å². The molecule has 15 heteroatoms. The van der Waals surface area contributed by atoms with Crippen molar-refractivity contribution in [1.29, 1.82) is 0 Å². The third kappa shape index (κ3) is 3.36. The zero-order valence-corrected chi connectivity index (χ0v) is 27.2. The van der Waals surface area contributed by atoms with Gasteiger partial charge in [-0.1, -0.05) is 32.9 Å². The average molecular weight is 674 g/mol. The Labute approximate surface area is 275 Å². The summed E-state index contributed by atoms with van der Waals surface area (Å²) in [4.78, 5) is 56.6. The molecular weight excluding hydrogens is 634 g/mol. The van der Waals surface area contributed by atoms with Gasteiger partial charge in [0.25, 0.3) is 0 Å². The van der Waals surface area contributed by atoms with Crippen molar-refractivity contribution in [2.45, 2.75) is 82.3 Å². The number of aliphatic hydroxyl groups excluding tert-OH is 1. The van der Waals surface area contributed by atoms with E-state index in [1.54, 1.807) is 24.3 Å². The maximum atomic E-state index is 14.4. The standard InChI is InChI=1S/C33H39NO14/c1-15-24(36)45-22-20(35)31-21-18(44-28(39)34-10-12-42-13-11-34)19(29(2,3)4)30(31)23(43-14-16-6-8-17(41-5)9-7-16)25(37)47-27(30)48-33(31,26(38)46-21)32(15,22)40/h6-9,15,18-23,27,35,40H,10-14H2,1-5H3/t15-,18-,19?,20?,21?,22?,23+,27?,30?,31?,32-,33?/m1/s1. The van der Waals surface area contributed by atoms with E-state index in [9.17, 15) is 29.4 Å². The molecule has 2 aliphatic carbocycles. The largest absolute Gasteiger partial charge is 0.497 e. The molecule has 8 unspecified atom stereocenters. The van der Waals surface area contributed by atoms with Gasteiger partial charge in [0, 0.05) is 19.0 Å². The van der Waals surface area contributed by atoms with E-state index in [0.717, 1.165) is 0 Å². The number of carbonyl (C=O) groups excluding carboxylic acids is 4. The van der Waals surface area contributed by atoms with E-state index < -0.39 is 100 Å². The highest BCUT2D eigenvalue weighted by molar-refractivity contribution is 5.94. The van der Waals surface area contributed by atoms with Crippen molar-refractivity contribution in [3.8, 4) is 5.75 Å². The zero-order chi connectivity index (χ0) is 34.2. The minimum atomic E-state index is -2.46. The predicted octanol–water partition coefficient (Wildman–Crippen LogP) is 0.311. The first-order chi connectivity index (χ1) is 22.7. The van der Waals surface area contributed by atoms with Crippen LogP contribution in [0.4, 0.5) is 4.79 Å². The number of methoxy groups -OCH3 is 1. The molecule has 1 aromatic carbocycles. The molecule has 0 radical (unpaired) electrons. The van der Waals surface area contributed by atoms with Gasteiger partial charge in [0.2, 0.25) is 11.9 Å². The van der Waals surface area contributed by atoms with Gasteiger partial charge in [0.1, 0.15) is 18.0 Å². The van der Waals surface area contributed by atoms with Crippen molar-refractivity contribution in [1.82, 2.24) is 4.90 Å². The van der Waals surface area contributed by atoms with Gasteiger partial charge < -0.3 is 53.0 Å². The lowest BCUT2D eigenvalue weighted by molar-refractivity contribution is -0.240. The highest BCUT2D eigenvalue weighted by Gasteiger charge is 3.05. The Balaban J connectivity index is 1.33. The van der Waals surface area contributed by atoms with Crippen LogP contribution in [-0.2, 0) is 54.1 Å². The van der Waals surface area contributed by atoms with Crippen LogP contribution in [0.1, 0.15) is 33.3 Å². The van der Waals surface area contributed by atoms with E-state index in [0.29, 0.717) is 24.5 Å². The number of nitrogens with zero attached hydrogens (tertiary/aromatic N) is 1. The van der Waals surface area contributed by atoms with Crippen LogP contribution in [0.5, 0.6) is 5.75 Å². The van der Waals surface area contributed by atoms with Gasteiger partial charge in [0.15, 0.2) is 23.9 Å². The molecule has 8 rings (SSSR count). The SMILES string of the molecule is COc1ccc(CO[C@H]2C(=O)OC3OC45C(=O)OC6[C@H](OC(=O)N7CCOCC7)C(C(C)(C)C)C32C64C(O)C2OC(=O)[C@@H](C)[C@@]25O)cc1. The van der Waals surface area contributed by atoms with Crippen molar-refractivity contribution in [3.63, 3.8) is 0 Å². The second-order valence-corrected chi connectivity index (χ2v) is 14.9. The van der Waals surface area contributed by atoms with Gasteiger partial charge >= 0.3 is 24.0 Å². The summed E-state index contributed by atoms with van der Waals surface area (Å²) in [5.74, 6) is -4.43. The molecule has 5 heterocycles. The Hall–Kier alpha value is -3.50. The summed E-state index contributed by atoms with van der Waals surface area (Å²) in [6, 6.07) is 6.98. The molecule has 48 heavy (non-hydrogen) atoms. The molecule has 260 valence electrons. The first-order valence-corrected chi connectivity index (χ1v) is 16.2. The normalized spacial score (nSPS) is 45.2. The van der Waals surface area contributed by atoms with Crippen molar-refractivity contribution < 1.29 is 67.3 Å². The molecule has 7 aliphatic rings. The predicted molar refractivity (Wildman–Crippen MR) is 156 cm³/mol. The van der Waals surface area contributed by atoms with E-state index in [1.165, 1.54) is 18.9 Å². The molecule has 0 bridgehead atoms. The molecule has 15 nitrogen and oxygen atoms in total. The third-order valence-electron chi connectivity index (χ3n) is 12.0. The van der Waals surface area contributed by atoms with Crippen LogP contribution in [0, 0.1) is 28.1 Å². The topological polar surface area (TPSA) is 186 Å². The monoisotopic (exact) mass is 673 g/mol. The lowest BCUT2D eigenvalue weighted by Crippen LogP contribution is -2.67. The molecule has 2 N–H and O–H groups in total. The molecule has 1 aromatic rings. The van der Waals surface area contributed by atoms with Gasteiger partial charge in [-0.25, -0.2) is 14.4 Å². The highest BCUT2D eigenvalue weighted by Crippen LogP contribution is 2.85. The molecule has 0 aromatic heterocycles. The molecule has 7 fully saturated rings. The Morgan fingerprint density at radius 2 is 1.71 bits per heavy atom. The average Bonchev–Trinajstić information content (AvgIpc) is 3.76. The van der Waals surface area contributed by atoms with Crippen LogP contribution in [0.15, 0.2) is 24.3 Å². The quantitative estimate of drug-likeness (QED) is 0.321. The number of esters is 3. The minimum absolute atomic E-state index is 0.106. The Bertz CT molecular complexity index is 1570. The van der Waals surface area contributed by atoms with Gasteiger partial charge in [0.05, 0.1) is 43.7 Å². The number of ether oxygens (including phenoxy) is 8. The fraction of sp³-hybridized carbons (Fsp3) is 0.697. The van der Waals surface area contributed by atoms with Gasteiger partial charge in [-0.2, -0.15) is 0 Å². The number of morpholine rings is 1. The van der Waals surface area contributed by atoms with Gasteiger partial charge in [-0.3, -0.25) is 4.79 Å². The van der Waals surface area contributed by atoms with Gasteiger partial charge in [-0.05, 0) is 30.0 Å². The Kier molecular flexibility index (Phi) is 6.64. The molecule has 1 amide bonds. The van der Waals surface area contributed by atoms with E-state index >= 15 is 0 Å². The summed E-state index contributed by atoms with van der Waals surface area (Å²) in [5.41, 5.74) is -8.93. The number of amides is 1. The number of hydrogen-bond acceptors (Lipinski definition) is 14. The van der Waals surface area contributed by atoms with Gasteiger partial charge in [-0.15, -0.1) is 0 Å². The van der Waals surface area contributed by atoms with Crippen LogP contribution < -0.4 is 4.74 Å². The Morgan fingerprint density at radius 3 is 2.35 bits per heavy atom. The smallest absolute Gasteiger partial charge is 0.410 e. The van der Waals surface area contributed by atoms with Crippen molar-refractivity contribution in [3.05, 3.63) is 29.8 Å². The number of rotatable bonds is 5. The summed E-state index contributed by atoms with van der Waals surface area (Å²) in [7, 11) is 1.54. The lowest BCUT2D eigenvalue weighted by Gasteiger charge is -2.48. The summed E-state index contributed by atoms with van der Waals surface area (Å²) in [6.45, 7) is 7.98.